The molecule has 0 aliphatic rings. The Morgan fingerprint density at radius 3 is 1.41 bits per heavy atom. The van der Waals surface area contributed by atoms with Crippen LogP contribution in [0.5, 0.6) is 0 Å². The highest BCUT2D eigenvalue weighted by atomic mass is 16.4. The zero-order chi connectivity index (χ0) is 20.6. The first-order valence-electron chi connectivity index (χ1n) is 10.5. The molecule has 0 radical (unpaired) electrons. The van der Waals surface area contributed by atoms with Gasteiger partial charge < -0.3 is 15.9 Å². The summed E-state index contributed by atoms with van der Waals surface area (Å²) in [6.45, 7) is 3.14. The summed E-state index contributed by atoms with van der Waals surface area (Å²) in [6, 6.07) is 0. The first kappa shape index (κ1) is 27.6. The van der Waals surface area contributed by atoms with Gasteiger partial charge in [0.1, 0.15) is 0 Å². The molecule has 0 atom stereocenters. The Bertz CT molecular complexity index is 376. The quantitative estimate of drug-likeness (QED) is 0.170. The summed E-state index contributed by atoms with van der Waals surface area (Å²) in [6.07, 6.45) is 25.0. The third-order valence-corrected chi connectivity index (χ3v) is 4.08. The minimum absolute atomic E-state index is 0.558. The minimum atomic E-state index is -1.26. The Hall–Kier alpha value is -1.62. The average Bonchev–Trinajstić information content (AvgIpc) is 2.64. The monoisotopic (exact) mass is 383 g/mol. The Kier molecular flexibility index (Phi) is 24.9. The van der Waals surface area contributed by atoms with Gasteiger partial charge in [0.15, 0.2) is 0 Å². The SMILES string of the molecule is CCCCCCCCC=CCCCCCCCCN.O=C(O)C=CC(=O)O. The van der Waals surface area contributed by atoms with Crippen LogP contribution in [0.15, 0.2) is 24.3 Å². The Morgan fingerprint density at radius 1 is 0.667 bits per heavy atom. The number of carboxylic acid groups (broad SMARTS) is 2. The molecule has 158 valence electrons. The fourth-order valence-corrected chi connectivity index (χ4v) is 2.53. The Labute approximate surface area is 165 Å². The van der Waals surface area contributed by atoms with Gasteiger partial charge in [-0.25, -0.2) is 9.59 Å². The predicted molar refractivity (Wildman–Crippen MR) is 113 cm³/mol. The predicted octanol–water partition coefficient (Wildman–Crippen LogP) is 5.69. The van der Waals surface area contributed by atoms with Crippen LogP contribution in [0, 0.1) is 0 Å². The van der Waals surface area contributed by atoms with Crippen LogP contribution >= 0.6 is 0 Å². The number of nitrogens with two attached hydrogens (primary N) is 1. The van der Waals surface area contributed by atoms with E-state index >= 15 is 0 Å². The van der Waals surface area contributed by atoms with Crippen molar-refractivity contribution >= 4 is 11.9 Å². The maximum atomic E-state index is 9.55. The van der Waals surface area contributed by atoms with E-state index in [1.54, 1.807) is 0 Å². The van der Waals surface area contributed by atoms with Crippen molar-refractivity contribution in [1.82, 2.24) is 0 Å². The molecule has 0 heterocycles. The molecule has 0 amide bonds. The lowest BCUT2D eigenvalue weighted by atomic mass is 10.1. The molecule has 0 spiro atoms. The largest absolute Gasteiger partial charge is 0.478 e. The lowest BCUT2D eigenvalue weighted by Crippen LogP contribution is -1.97. The highest BCUT2D eigenvalue weighted by Crippen LogP contribution is 2.09. The van der Waals surface area contributed by atoms with Gasteiger partial charge in [0.05, 0.1) is 0 Å². The molecule has 0 fully saturated rings. The Morgan fingerprint density at radius 2 is 1.04 bits per heavy atom. The van der Waals surface area contributed by atoms with Gasteiger partial charge in [0.25, 0.3) is 0 Å². The van der Waals surface area contributed by atoms with Gasteiger partial charge in [-0.2, -0.15) is 0 Å². The van der Waals surface area contributed by atoms with E-state index in [0.29, 0.717) is 12.2 Å². The van der Waals surface area contributed by atoms with Crippen molar-refractivity contribution < 1.29 is 19.8 Å². The van der Waals surface area contributed by atoms with E-state index in [4.69, 9.17) is 15.9 Å². The molecule has 5 heteroatoms. The number of unbranched alkanes of at least 4 members (excludes halogenated alkanes) is 12. The topological polar surface area (TPSA) is 101 Å². The summed E-state index contributed by atoms with van der Waals surface area (Å²) < 4.78 is 0. The number of aliphatic carboxylic acids is 2. The molecule has 4 N–H and O–H groups in total. The molecule has 5 nitrogen and oxygen atoms in total. The molecule has 0 saturated heterocycles. The molecule has 0 aliphatic heterocycles. The van der Waals surface area contributed by atoms with Crippen molar-refractivity contribution in [2.75, 3.05) is 6.54 Å². The fraction of sp³-hybridized carbons (Fsp3) is 0.727. The fourth-order valence-electron chi connectivity index (χ4n) is 2.53. The second-order valence-electron chi connectivity index (χ2n) is 6.74. The first-order chi connectivity index (χ1) is 13.0. The van der Waals surface area contributed by atoms with Gasteiger partial charge in [-0.05, 0) is 38.6 Å². The molecule has 27 heavy (non-hydrogen) atoms. The van der Waals surface area contributed by atoms with E-state index in [2.05, 4.69) is 19.1 Å². The number of hydrogen-bond donors (Lipinski definition) is 3. The third kappa shape index (κ3) is 32.5. The standard InChI is InChI=1S/C18H37N.C4H4O4/c1-2-3-4-5-6-7-8-9-10-11-12-13-14-15-16-17-18-19;5-3(6)1-2-4(7)8/h9-10H,2-8,11-19H2,1H3;1-2H,(H,5,6)(H,7,8). The van der Waals surface area contributed by atoms with Crippen molar-refractivity contribution in [3.8, 4) is 0 Å². The summed E-state index contributed by atoms with van der Waals surface area (Å²) in [4.78, 5) is 19.1. The lowest BCUT2D eigenvalue weighted by molar-refractivity contribution is -0.134. The number of rotatable bonds is 17. The molecule has 0 bridgehead atoms. The first-order valence-corrected chi connectivity index (χ1v) is 10.5. The summed E-state index contributed by atoms with van der Waals surface area (Å²) in [5.41, 5.74) is 5.47. The minimum Gasteiger partial charge on any atom is -0.478 e. The highest BCUT2D eigenvalue weighted by Gasteiger charge is 1.90. The molecular weight excluding hydrogens is 342 g/mol. The summed E-state index contributed by atoms with van der Waals surface area (Å²) in [7, 11) is 0. The van der Waals surface area contributed by atoms with Crippen molar-refractivity contribution in [2.24, 2.45) is 5.73 Å². The highest BCUT2D eigenvalue weighted by molar-refractivity contribution is 5.89. The normalized spacial score (nSPS) is 10.9. The van der Waals surface area contributed by atoms with Crippen LogP contribution in [-0.4, -0.2) is 28.7 Å². The van der Waals surface area contributed by atoms with Gasteiger partial charge in [0, 0.05) is 12.2 Å². The van der Waals surface area contributed by atoms with Crippen LogP contribution in [0.2, 0.25) is 0 Å². The maximum absolute atomic E-state index is 9.55. The number of carbonyl (C=O) groups is 2. The average molecular weight is 384 g/mol. The van der Waals surface area contributed by atoms with Gasteiger partial charge in [-0.15, -0.1) is 0 Å². The number of carboxylic acids is 2. The lowest BCUT2D eigenvalue weighted by Gasteiger charge is -1.99. The van der Waals surface area contributed by atoms with Crippen LogP contribution in [0.3, 0.4) is 0 Å². The van der Waals surface area contributed by atoms with Crippen LogP contribution < -0.4 is 5.73 Å². The molecule has 0 saturated carbocycles. The van der Waals surface area contributed by atoms with Gasteiger partial charge in [-0.1, -0.05) is 76.9 Å². The maximum Gasteiger partial charge on any atom is 0.328 e. The molecule has 0 aromatic rings. The molecule has 0 aromatic carbocycles. The summed E-state index contributed by atoms with van der Waals surface area (Å²) in [5.74, 6) is -2.51. The van der Waals surface area contributed by atoms with E-state index in [0.717, 1.165) is 6.54 Å². The van der Waals surface area contributed by atoms with Gasteiger partial charge in [0.2, 0.25) is 0 Å². The molecule has 0 aromatic heterocycles. The van der Waals surface area contributed by atoms with E-state index in [1.165, 1.54) is 89.9 Å². The molecule has 0 aliphatic carbocycles. The van der Waals surface area contributed by atoms with E-state index < -0.39 is 11.9 Å². The zero-order valence-electron chi connectivity index (χ0n) is 17.2. The molecule has 0 rings (SSSR count). The second kappa shape index (κ2) is 24.4. The van der Waals surface area contributed by atoms with Crippen LogP contribution in [0.1, 0.15) is 96.8 Å². The molecular formula is C22H41NO4. The summed E-state index contributed by atoms with van der Waals surface area (Å²) >= 11 is 0. The van der Waals surface area contributed by atoms with Crippen molar-refractivity contribution in [2.45, 2.75) is 96.8 Å². The van der Waals surface area contributed by atoms with Gasteiger partial charge >= 0.3 is 11.9 Å². The number of hydrogen-bond acceptors (Lipinski definition) is 3. The van der Waals surface area contributed by atoms with Crippen molar-refractivity contribution in [3.05, 3.63) is 24.3 Å². The van der Waals surface area contributed by atoms with Crippen LogP contribution in [0.25, 0.3) is 0 Å². The third-order valence-electron chi connectivity index (χ3n) is 4.08. The van der Waals surface area contributed by atoms with E-state index in [1.807, 2.05) is 0 Å². The Balaban J connectivity index is 0. The van der Waals surface area contributed by atoms with Gasteiger partial charge in [-0.3, -0.25) is 0 Å². The van der Waals surface area contributed by atoms with Crippen LogP contribution in [-0.2, 0) is 9.59 Å². The number of allylic oxidation sites excluding steroid dienone is 2. The second-order valence-corrected chi connectivity index (χ2v) is 6.74. The van der Waals surface area contributed by atoms with Crippen molar-refractivity contribution in [3.63, 3.8) is 0 Å². The van der Waals surface area contributed by atoms with E-state index in [-0.39, 0.29) is 0 Å². The summed E-state index contributed by atoms with van der Waals surface area (Å²) in [5, 5.41) is 15.6. The van der Waals surface area contributed by atoms with Crippen LogP contribution in [0.4, 0.5) is 0 Å². The zero-order valence-corrected chi connectivity index (χ0v) is 17.2. The molecule has 0 unspecified atom stereocenters. The smallest absolute Gasteiger partial charge is 0.328 e. The van der Waals surface area contributed by atoms with E-state index in [9.17, 15) is 9.59 Å². The van der Waals surface area contributed by atoms with Crippen molar-refractivity contribution in [1.29, 1.82) is 0 Å².